The van der Waals surface area contributed by atoms with E-state index in [0.29, 0.717) is 54.6 Å². The Morgan fingerprint density at radius 3 is 2.33 bits per heavy atom. The van der Waals surface area contributed by atoms with Crippen LogP contribution in [0.1, 0.15) is 30.1 Å². The second-order valence-corrected chi connectivity index (χ2v) is 11.4. The third kappa shape index (κ3) is 6.22. The zero-order valence-corrected chi connectivity index (χ0v) is 22.1. The standard InChI is InChI=1S/C28H29FN6O3S/c1-19-18-23(4-7-25(19)29)32-26-10-15-31-28(34-26)33-22-2-5-24(6-3-22)39(37,38)35-16-11-21(12-17-35)27(36)20-8-13-30-14-9-20/h2-10,13-15,18,21,27,36H,11-12,16-17H2,1H3,(H2,31,32,33,34). The number of benzene rings is 2. The molecule has 1 aliphatic rings. The van der Waals surface area contributed by atoms with Gasteiger partial charge in [0.2, 0.25) is 16.0 Å². The molecule has 0 saturated carbocycles. The molecule has 39 heavy (non-hydrogen) atoms. The number of aliphatic hydroxyl groups is 1. The van der Waals surface area contributed by atoms with Crippen LogP contribution in [0.25, 0.3) is 0 Å². The van der Waals surface area contributed by atoms with E-state index in [0.717, 1.165) is 5.56 Å². The predicted octanol–water partition coefficient (Wildman–Crippen LogP) is 4.94. The summed E-state index contributed by atoms with van der Waals surface area (Å²) < 4.78 is 41.5. The molecule has 0 spiro atoms. The van der Waals surface area contributed by atoms with Crippen molar-refractivity contribution in [1.82, 2.24) is 19.3 Å². The minimum Gasteiger partial charge on any atom is -0.388 e. The molecule has 5 rings (SSSR count). The van der Waals surface area contributed by atoms with Crippen molar-refractivity contribution in [2.45, 2.75) is 30.8 Å². The Kier molecular flexibility index (Phi) is 7.82. The van der Waals surface area contributed by atoms with Gasteiger partial charge in [-0.05, 0) is 97.5 Å². The Hall–Kier alpha value is -3.93. The predicted molar refractivity (Wildman–Crippen MR) is 147 cm³/mol. The first-order valence-electron chi connectivity index (χ1n) is 12.6. The van der Waals surface area contributed by atoms with E-state index in [4.69, 9.17) is 0 Å². The molecule has 0 radical (unpaired) electrons. The Balaban J connectivity index is 1.20. The van der Waals surface area contributed by atoms with Crippen LogP contribution in [0.4, 0.5) is 27.5 Å². The quantitative estimate of drug-likeness (QED) is 0.283. The van der Waals surface area contributed by atoms with Gasteiger partial charge in [-0.2, -0.15) is 9.29 Å². The smallest absolute Gasteiger partial charge is 0.243 e. The topological polar surface area (TPSA) is 120 Å². The highest BCUT2D eigenvalue weighted by Crippen LogP contribution is 2.32. The second-order valence-electron chi connectivity index (χ2n) is 9.47. The van der Waals surface area contributed by atoms with E-state index in [2.05, 4.69) is 25.6 Å². The number of pyridine rings is 1. The summed E-state index contributed by atoms with van der Waals surface area (Å²) in [6, 6.07) is 16.4. The number of halogens is 1. The van der Waals surface area contributed by atoms with Gasteiger partial charge in [-0.3, -0.25) is 4.98 Å². The summed E-state index contributed by atoms with van der Waals surface area (Å²) in [5, 5.41) is 16.9. The van der Waals surface area contributed by atoms with Crippen molar-refractivity contribution in [3.05, 3.63) is 96.2 Å². The summed E-state index contributed by atoms with van der Waals surface area (Å²) in [5.41, 5.74) is 2.64. The lowest BCUT2D eigenvalue weighted by Gasteiger charge is -2.33. The third-order valence-electron chi connectivity index (χ3n) is 6.83. The fourth-order valence-corrected chi connectivity index (χ4v) is 6.08. The molecule has 4 aromatic rings. The molecule has 0 aliphatic carbocycles. The van der Waals surface area contributed by atoms with Gasteiger partial charge in [0.25, 0.3) is 0 Å². The van der Waals surface area contributed by atoms with Gasteiger partial charge in [0, 0.05) is 43.1 Å². The molecular weight excluding hydrogens is 519 g/mol. The number of rotatable bonds is 8. The maximum absolute atomic E-state index is 13.5. The van der Waals surface area contributed by atoms with Crippen molar-refractivity contribution in [3.8, 4) is 0 Å². The van der Waals surface area contributed by atoms with E-state index in [9.17, 15) is 17.9 Å². The maximum Gasteiger partial charge on any atom is 0.243 e. The highest BCUT2D eigenvalue weighted by atomic mass is 32.2. The van der Waals surface area contributed by atoms with Crippen LogP contribution in [0.15, 0.2) is 84.1 Å². The van der Waals surface area contributed by atoms with Gasteiger partial charge in [-0.15, -0.1) is 0 Å². The van der Waals surface area contributed by atoms with Crippen molar-refractivity contribution >= 4 is 33.2 Å². The average Bonchev–Trinajstić information content (AvgIpc) is 2.96. The summed E-state index contributed by atoms with van der Waals surface area (Å²) in [4.78, 5) is 12.8. The molecule has 1 unspecified atom stereocenters. The number of aliphatic hydroxyl groups excluding tert-OH is 1. The number of piperidine rings is 1. The first kappa shape index (κ1) is 26.7. The van der Waals surface area contributed by atoms with Crippen molar-refractivity contribution < 1.29 is 17.9 Å². The number of hydrogen-bond acceptors (Lipinski definition) is 8. The molecule has 0 bridgehead atoms. The van der Waals surface area contributed by atoms with Crippen LogP contribution in [0, 0.1) is 18.7 Å². The number of hydrogen-bond donors (Lipinski definition) is 3. The van der Waals surface area contributed by atoms with E-state index < -0.39 is 16.1 Å². The highest BCUT2D eigenvalue weighted by molar-refractivity contribution is 7.89. The van der Waals surface area contributed by atoms with Gasteiger partial charge in [0.15, 0.2) is 0 Å². The largest absolute Gasteiger partial charge is 0.388 e. The van der Waals surface area contributed by atoms with E-state index in [1.165, 1.54) is 10.4 Å². The Morgan fingerprint density at radius 1 is 0.949 bits per heavy atom. The van der Waals surface area contributed by atoms with Crippen LogP contribution in [-0.2, 0) is 10.0 Å². The molecule has 11 heteroatoms. The van der Waals surface area contributed by atoms with Gasteiger partial charge in [0.1, 0.15) is 11.6 Å². The summed E-state index contributed by atoms with van der Waals surface area (Å²) >= 11 is 0. The van der Waals surface area contributed by atoms with Crippen molar-refractivity contribution in [1.29, 1.82) is 0 Å². The van der Waals surface area contributed by atoms with Crippen LogP contribution in [0.2, 0.25) is 0 Å². The minimum absolute atomic E-state index is 0.0113. The summed E-state index contributed by atoms with van der Waals surface area (Å²) in [7, 11) is -3.67. The summed E-state index contributed by atoms with van der Waals surface area (Å²) in [6.45, 7) is 2.38. The first-order valence-corrected chi connectivity index (χ1v) is 14.0. The number of nitrogens with zero attached hydrogens (tertiary/aromatic N) is 4. The molecule has 1 saturated heterocycles. The van der Waals surface area contributed by atoms with E-state index in [-0.39, 0.29) is 16.6 Å². The lowest BCUT2D eigenvalue weighted by Crippen LogP contribution is -2.39. The first-order chi connectivity index (χ1) is 18.8. The molecule has 0 amide bonds. The number of nitrogens with one attached hydrogen (secondary N) is 2. The van der Waals surface area contributed by atoms with E-state index >= 15 is 0 Å². The highest BCUT2D eigenvalue weighted by Gasteiger charge is 2.32. The van der Waals surface area contributed by atoms with Crippen LogP contribution in [0.3, 0.4) is 0 Å². The molecule has 1 fully saturated rings. The zero-order valence-electron chi connectivity index (χ0n) is 21.3. The van der Waals surface area contributed by atoms with E-state index in [1.807, 2.05) is 0 Å². The fourth-order valence-electron chi connectivity index (χ4n) is 4.61. The number of aryl methyl sites for hydroxylation is 1. The molecule has 3 N–H and O–H groups in total. The molecule has 3 heterocycles. The van der Waals surface area contributed by atoms with Crippen molar-refractivity contribution in [3.63, 3.8) is 0 Å². The Bertz CT molecular complexity index is 1530. The Labute approximate surface area is 226 Å². The molecule has 1 aliphatic heterocycles. The molecular formula is C28H29FN6O3S. The van der Waals surface area contributed by atoms with Crippen LogP contribution >= 0.6 is 0 Å². The third-order valence-corrected chi connectivity index (χ3v) is 8.74. The maximum atomic E-state index is 13.5. The lowest BCUT2D eigenvalue weighted by molar-refractivity contribution is 0.0760. The molecule has 2 aromatic heterocycles. The number of sulfonamides is 1. The molecule has 9 nitrogen and oxygen atoms in total. The zero-order chi connectivity index (χ0) is 27.4. The van der Waals surface area contributed by atoms with Gasteiger partial charge in [-0.25, -0.2) is 17.8 Å². The summed E-state index contributed by atoms with van der Waals surface area (Å²) in [6.07, 6.45) is 5.38. The number of anilines is 4. The average molecular weight is 549 g/mol. The van der Waals surface area contributed by atoms with Gasteiger partial charge in [-0.1, -0.05) is 0 Å². The molecule has 1 atom stereocenters. The fraction of sp³-hybridized carbons (Fsp3) is 0.250. The van der Waals surface area contributed by atoms with Crippen molar-refractivity contribution in [2.75, 3.05) is 23.7 Å². The minimum atomic E-state index is -3.67. The normalized spacial score (nSPS) is 15.6. The van der Waals surface area contributed by atoms with Crippen LogP contribution < -0.4 is 10.6 Å². The van der Waals surface area contributed by atoms with Crippen molar-refractivity contribution in [2.24, 2.45) is 5.92 Å². The molecule has 2 aromatic carbocycles. The Morgan fingerprint density at radius 2 is 1.64 bits per heavy atom. The monoisotopic (exact) mass is 548 g/mol. The van der Waals surface area contributed by atoms with Gasteiger partial charge < -0.3 is 15.7 Å². The van der Waals surface area contributed by atoms with Gasteiger partial charge >= 0.3 is 0 Å². The van der Waals surface area contributed by atoms with Crippen LogP contribution in [0.5, 0.6) is 0 Å². The SMILES string of the molecule is Cc1cc(Nc2ccnc(Nc3ccc(S(=O)(=O)N4CCC(C(O)c5ccncc5)CC4)cc3)n2)ccc1F. The lowest BCUT2D eigenvalue weighted by atomic mass is 9.88. The molecule has 202 valence electrons. The van der Waals surface area contributed by atoms with Gasteiger partial charge in [0.05, 0.1) is 11.0 Å². The number of aromatic nitrogens is 3. The van der Waals surface area contributed by atoms with E-state index in [1.54, 1.807) is 80.1 Å². The summed E-state index contributed by atoms with van der Waals surface area (Å²) in [5.74, 6) is 0.558. The van der Waals surface area contributed by atoms with Crippen LogP contribution in [-0.4, -0.2) is 45.9 Å². The second kappa shape index (κ2) is 11.4.